The first-order valence-corrected chi connectivity index (χ1v) is 6.21. The zero-order valence-electron chi connectivity index (χ0n) is 11.5. The quantitative estimate of drug-likeness (QED) is 0.904. The van der Waals surface area contributed by atoms with Crippen molar-refractivity contribution in [3.05, 3.63) is 53.6 Å². The van der Waals surface area contributed by atoms with Crippen LogP contribution in [-0.4, -0.2) is 14.2 Å². The van der Waals surface area contributed by atoms with Gasteiger partial charge in [-0.1, -0.05) is 12.1 Å². The maximum absolute atomic E-state index is 8.76. The van der Waals surface area contributed by atoms with E-state index in [1.807, 2.05) is 42.5 Å². The van der Waals surface area contributed by atoms with Gasteiger partial charge in [0, 0.05) is 12.6 Å². The summed E-state index contributed by atoms with van der Waals surface area (Å²) in [5, 5.41) is 12.1. The van der Waals surface area contributed by atoms with E-state index in [4.69, 9.17) is 14.7 Å². The highest BCUT2D eigenvalue weighted by Crippen LogP contribution is 2.29. The molecule has 2 aromatic rings. The van der Waals surface area contributed by atoms with E-state index in [2.05, 4.69) is 11.4 Å². The lowest BCUT2D eigenvalue weighted by Gasteiger charge is -2.12. The lowest BCUT2D eigenvalue weighted by Crippen LogP contribution is -2.01. The molecule has 20 heavy (non-hydrogen) atoms. The third-order valence-electron chi connectivity index (χ3n) is 2.97. The largest absolute Gasteiger partial charge is 0.497 e. The summed E-state index contributed by atoms with van der Waals surface area (Å²) in [6.45, 7) is 0.661. The minimum atomic E-state index is 0.661. The van der Waals surface area contributed by atoms with E-state index < -0.39 is 0 Å². The van der Waals surface area contributed by atoms with Gasteiger partial charge in [-0.05, 0) is 29.8 Å². The number of ether oxygens (including phenoxy) is 2. The van der Waals surface area contributed by atoms with Gasteiger partial charge in [0.1, 0.15) is 11.5 Å². The van der Waals surface area contributed by atoms with E-state index >= 15 is 0 Å². The monoisotopic (exact) mass is 268 g/mol. The molecule has 0 atom stereocenters. The van der Waals surface area contributed by atoms with Crippen molar-refractivity contribution < 1.29 is 9.47 Å². The van der Waals surface area contributed by atoms with Crippen molar-refractivity contribution in [1.82, 2.24) is 0 Å². The number of methoxy groups -OCH3 is 2. The van der Waals surface area contributed by atoms with Gasteiger partial charge in [-0.3, -0.25) is 0 Å². The molecule has 0 heterocycles. The average Bonchev–Trinajstić information content (AvgIpc) is 2.53. The third kappa shape index (κ3) is 3.21. The molecule has 0 unspecified atom stereocenters. The van der Waals surface area contributed by atoms with Crippen LogP contribution in [-0.2, 0) is 6.54 Å². The molecule has 0 bridgehead atoms. The lowest BCUT2D eigenvalue weighted by atomic mass is 10.1. The Morgan fingerprint density at radius 2 is 1.80 bits per heavy atom. The maximum atomic E-state index is 8.76. The fourth-order valence-electron chi connectivity index (χ4n) is 1.84. The Balaban J connectivity index is 2.08. The van der Waals surface area contributed by atoms with E-state index in [1.54, 1.807) is 14.2 Å². The molecule has 0 aliphatic rings. The van der Waals surface area contributed by atoms with Gasteiger partial charge >= 0.3 is 0 Å². The Bertz CT molecular complexity index is 615. The topological polar surface area (TPSA) is 54.3 Å². The van der Waals surface area contributed by atoms with Crippen LogP contribution in [0.3, 0.4) is 0 Å². The molecular formula is C16H16N2O2. The van der Waals surface area contributed by atoms with E-state index in [9.17, 15) is 0 Å². The second-order valence-electron chi connectivity index (χ2n) is 4.23. The zero-order valence-corrected chi connectivity index (χ0v) is 11.5. The van der Waals surface area contributed by atoms with Crippen molar-refractivity contribution >= 4 is 5.69 Å². The van der Waals surface area contributed by atoms with Crippen molar-refractivity contribution in [2.24, 2.45) is 0 Å². The number of anilines is 1. The summed E-state index contributed by atoms with van der Waals surface area (Å²) >= 11 is 0. The standard InChI is InChI=1S/C16H16N2O2/c1-19-14-7-8-15(16(9-14)20-2)18-11-13-5-3-12(10-17)4-6-13/h3-9,18H,11H2,1-2H3. The van der Waals surface area contributed by atoms with E-state index in [0.717, 1.165) is 22.7 Å². The van der Waals surface area contributed by atoms with Crippen LogP contribution in [0.4, 0.5) is 5.69 Å². The molecule has 0 amide bonds. The molecule has 102 valence electrons. The number of benzene rings is 2. The normalized spacial score (nSPS) is 9.65. The van der Waals surface area contributed by atoms with Gasteiger partial charge in [-0.15, -0.1) is 0 Å². The van der Waals surface area contributed by atoms with Crippen molar-refractivity contribution in [3.63, 3.8) is 0 Å². The molecule has 0 saturated carbocycles. The van der Waals surface area contributed by atoms with Crippen LogP contribution in [0, 0.1) is 11.3 Å². The first kappa shape index (κ1) is 13.8. The molecule has 0 spiro atoms. The van der Waals surface area contributed by atoms with Gasteiger partial charge in [-0.2, -0.15) is 5.26 Å². The Kier molecular flexibility index (Phi) is 4.46. The number of rotatable bonds is 5. The summed E-state index contributed by atoms with van der Waals surface area (Å²) in [4.78, 5) is 0. The van der Waals surface area contributed by atoms with Crippen molar-refractivity contribution in [3.8, 4) is 17.6 Å². The second-order valence-corrected chi connectivity index (χ2v) is 4.23. The van der Waals surface area contributed by atoms with Crippen molar-refractivity contribution in [2.45, 2.75) is 6.54 Å². The smallest absolute Gasteiger partial charge is 0.145 e. The first-order valence-electron chi connectivity index (χ1n) is 6.21. The molecule has 0 radical (unpaired) electrons. The zero-order chi connectivity index (χ0) is 14.4. The molecule has 0 fully saturated rings. The van der Waals surface area contributed by atoms with Crippen LogP contribution in [0.25, 0.3) is 0 Å². The van der Waals surface area contributed by atoms with E-state index in [0.29, 0.717) is 12.1 Å². The SMILES string of the molecule is COc1ccc(NCc2ccc(C#N)cc2)c(OC)c1. The van der Waals surface area contributed by atoms with Crippen molar-refractivity contribution in [2.75, 3.05) is 19.5 Å². The minimum Gasteiger partial charge on any atom is -0.497 e. The number of nitrogens with one attached hydrogen (secondary N) is 1. The predicted molar refractivity (Wildman–Crippen MR) is 78.0 cm³/mol. The van der Waals surface area contributed by atoms with Gasteiger partial charge in [0.25, 0.3) is 0 Å². The summed E-state index contributed by atoms with van der Waals surface area (Å²) in [7, 11) is 3.25. The lowest BCUT2D eigenvalue weighted by molar-refractivity contribution is 0.395. The number of hydrogen-bond acceptors (Lipinski definition) is 4. The molecule has 1 N–H and O–H groups in total. The molecule has 0 saturated heterocycles. The van der Waals surface area contributed by atoms with Crippen LogP contribution in [0.1, 0.15) is 11.1 Å². The summed E-state index contributed by atoms with van der Waals surface area (Å²) in [6, 6.07) is 15.2. The number of hydrogen-bond donors (Lipinski definition) is 1. The summed E-state index contributed by atoms with van der Waals surface area (Å²) in [6.07, 6.45) is 0. The number of nitriles is 1. The van der Waals surface area contributed by atoms with Crippen LogP contribution in [0.2, 0.25) is 0 Å². The minimum absolute atomic E-state index is 0.661. The molecule has 0 aliphatic carbocycles. The van der Waals surface area contributed by atoms with Crippen LogP contribution in [0.15, 0.2) is 42.5 Å². The fourth-order valence-corrected chi connectivity index (χ4v) is 1.84. The van der Waals surface area contributed by atoms with Gasteiger partial charge in [0.2, 0.25) is 0 Å². The van der Waals surface area contributed by atoms with Crippen molar-refractivity contribution in [1.29, 1.82) is 5.26 Å². The summed E-state index contributed by atoms with van der Waals surface area (Å²) < 4.78 is 10.5. The first-order chi connectivity index (χ1) is 9.76. The Morgan fingerprint density at radius 3 is 2.40 bits per heavy atom. The van der Waals surface area contributed by atoms with Gasteiger partial charge in [0.05, 0.1) is 31.5 Å². The van der Waals surface area contributed by atoms with E-state index in [1.165, 1.54) is 0 Å². The molecule has 0 aliphatic heterocycles. The van der Waals surface area contributed by atoms with Gasteiger partial charge < -0.3 is 14.8 Å². The maximum Gasteiger partial charge on any atom is 0.145 e. The molecule has 0 aromatic heterocycles. The molecule has 4 heteroatoms. The molecule has 4 nitrogen and oxygen atoms in total. The molecular weight excluding hydrogens is 252 g/mol. The van der Waals surface area contributed by atoms with Gasteiger partial charge in [-0.25, -0.2) is 0 Å². The highest BCUT2D eigenvalue weighted by Gasteiger charge is 2.04. The Morgan fingerprint density at radius 1 is 1.05 bits per heavy atom. The van der Waals surface area contributed by atoms with E-state index in [-0.39, 0.29) is 0 Å². The Labute approximate surface area is 118 Å². The second kappa shape index (κ2) is 6.48. The third-order valence-corrected chi connectivity index (χ3v) is 2.97. The molecule has 2 aromatic carbocycles. The predicted octanol–water partition coefficient (Wildman–Crippen LogP) is 3.19. The van der Waals surface area contributed by atoms with Crippen LogP contribution < -0.4 is 14.8 Å². The summed E-state index contributed by atoms with van der Waals surface area (Å²) in [5.41, 5.74) is 2.66. The Hall–Kier alpha value is -2.67. The molecule has 2 rings (SSSR count). The summed E-state index contributed by atoms with van der Waals surface area (Å²) in [5.74, 6) is 1.49. The highest BCUT2D eigenvalue weighted by atomic mass is 16.5. The number of nitrogens with zero attached hydrogens (tertiary/aromatic N) is 1. The fraction of sp³-hybridized carbons (Fsp3) is 0.188. The van der Waals surface area contributed by atoms with Crippen LogP contribution in [0.5, 0.6) is 11.5 Å². The average molecular weight is 268 g/mol. The van der Waals surface area contributed by atoms with Gasteiger partial charge in [0.15, 0.2) is 0 Å². The highest BCUT2D eigenvalue weighted by molar-refractivity contribution is 5.59. The van der Waals surface area contributed by atoms with Crippen LogP contribution >= 0.6 is 0 Å².